The van der Waals surface area contributed by atoms with Crippen LogP contribution in [0.15, 0.2) is 59.8 Å². The largest absolute Gasteiger partial charge is 0.454 e. The van der Waals surface area contributed by atoms with E-state index in [1.54, 1.807) is 0 Å². The molecule has 1 atom stereocenters. The number of fused-ring (bicyclic) bond motifs is 2. The maximum atomic E-state index is 13.4. The molecule has 5 heteroatoms. The van der Waals surface area contributed by atoms with Crippen molar-refractivity contribution in [2.75, 3.05) is 6.79 Å². The van der Waals surface area contributed by atoms with Crippen LogP contribution in [0.1, 0.15) is 42.9 Å². The van der Waals surface area contributed by atoms with Crippen molar-refractivity contribution in [1.82, 2.24) is 9.88 Å². The lowest BCUT2D eigenvalue weighted by Crippen LogP contribution is -2.29. The summed E-state index contributed by atoms with van der Waals surface area (Å²) in [4.78, 5) is 18.9. The summed E-state index contributed by atoms with van der Waals surface area (Å²) in [5.74, 6) is 1.72. The lowest BCUT2D eigenvalue weighted by molar-refractivity contribution is -0.127. The Bertz CT molecular complexity index is 1160. The number of H-pyrrole nitrogens is 1. The number of nitrogens with one attached hydrogen (secondary N) is 1. The molecule has 0 radical (unpaired) electrons. The molecule has 29 heavy (non-hydrogen) atoms. The number of ether oxygens (including phenoxy) is 2. The second-order valence-corrected chi connectivity index (χ2v) is 8.02. The molecule has 0 spiro atoms. The smallest absolute Gasteiger partial charge is 0.250 e. The molecule has 1 unspecified atom stereocenters. The highest BCUT2D eigenvalue weighted by Gasteiger charge is 2.41. The summed E-state index contributed by atoms with van der Waals surface area (Å²) in [6.45, 7) is 0.821. The molecule has 3 aliphatic rings. The van der Waals surface area contributed by atoms with Crippen molar-refractivity contribution in [3.05, 3.63) is 70.9 Å². The third-order valence-electron chi connectivity index (χ3n) is 6.38. The van der Waals surface area contributed by atoms with Crippen molar-refractivity contribution < 1.29 is 14.3 Å². The van der Waals surface area contributed by atoms with Gasteiger partial charge in [-0.2, -0.15) is 0 Å². The first-order valence-corrected chi connectivity index (χ1v) is 10.3. The first-order valence-electron chi connectivity index (χ1n) is 10.3. The number of aromatic amines is 1. The van der Waals surface area contributed by atoms with Gasteiger partial charge < -0.3 is 19.4 Å². The third-order valence-corrected chi connectivity index (χ3v) is 6.38. The standard InChI is InChI=1S/C24H22N2O3/c27-24-18-7-2-1-6-17(18)23(19-12-25-20-8-4-3-5-16(19)20)26(24)13-15-9-10-21-22(11-15)29-14-28-21/h3-5,8-12,23,25H,1-2,6-7,13-14H2. The van der Waals surface area contributed by atoms with E-state index in [4.69, 9.17) is 9.47 Å². The number of amides is 1. The van der Waals surface area contributed by atoms with Crippen molar-refractivity contribution in [2.24, 2.45) is 0 Å². The van der Waals surface area contributed by atoms with E-state index in [-0.39, 0.29) is 18.7 Å². The number of benzene rings is 2. The van der Waals surface area contributed by atoms with E-state index in [0.717, 1.165) is 53.8 Å². The molecule has 2 aromatic carbocycles. The molecule has 0 saturated carbocycles. The van der Waals surface area contributed by atoms with E-state index in [9.17, 15) is 4.79 Å². The molecular weight excluding hydrogens is 364 g/mol. The van der Waals surface area contributed by atoms with Crippen LogP contribution in [0.25, 0.3) is 10.9 Å². The molecule has 6 rings (SSSR count). The SMILES string of the molecule is O=C1C2=C(CCCC2)C(c2c[nH]c3ccccc23)N1Cc1ccc2c(c1)OCO2. The Morgan fingerprint density at radius 3 is 2.86 bits per heavy atom. The Hall–Kier alpha value is -3.21. The number of aromatic nitrogens is 1. The second-order valence-electron chi connectivity index (χ2n) is 8.02. The summed E-state index contributed by atoms with van der Waals surface area (Å²) in [5.41, 5.74) is 5.72. The minimum atomic E-state index is -0.000581. The van der Waals surface area contributed by atoms with E-state index in [2.05, 4.69) is 29.4 Å². The molecule has 5 nitrogen and oxygen atoms in total. The van der Waals surface area contributed by atoms with Gasteiger partial charge in [0, 0.05) is 34.8 Å². The van der Waals surface area contributed by atoms with E-state index in [1.165, 1.54) is 16.5 Å². The Labute approximate surface area is 168 Å². The molecule has 1 aliphatic carbocycles. The first-order chi connectivity index (χ1) is 14.3. The molecule has 146 valence electrons. The van der Waals surface area contributed by atoms with E-state index in [1.807, 2.05) is 29.2 Å². The van der Waals surface area contributed by atoms with Crippen LogP contribution in [-0.4, -0.2) is 22.6 Å². The van der Waals surface area contributed by atoms with Crippen LogP contribution in [0.2, 0.25) is 0 Å². The lowest BCUT2D eigenvalue weighted by atomic mass is 9.87. The zero-order chi connectivity index (χ0) is 19.4. The zero-order valence-electron chi connectivity index (χ0n) is 16.1. The number of rotatable bonds is 3. The van der Waals surface area contributed by atoms with E-state index >= 15 is 0 Å². The van der Waals surface area contributed by atoms with Gasteiger partial charge in [0.25, 0.3) is 5.91 Å². The van der Waals surface area contributed by atoms with Crippen molar-refractivity contribution >= 4 is 16.8 Å². The van der Waals surface area contributed by atoms with Crippen LogP contribution in [0.3, 0.4) is 0 Å². The van der Waals surface area contributed by atoms with Crippen LogP contribution in [-0.2, 0) is 11.3 Å². The molecule has 3 aromatic rings. The van der Waals surface area contributed by atoms with Gasteiger partial charge in [0.15, 0.2) is 11.5 Å². The van der Waals surface area contributed by atoms with Gasteiger partial charge in [0.05, 0.1) is 6.04 Å². The fourth-order valence-corrected chi connectivity index (χ4v) is 5.03. The van der Waals surface area contributed by atoms with Crippen LogP contribution < -0.4 is 9.47 Å². The molecule has 2 aliphatic heterocycles. The van der Waals surface area contributed by atoms with Crippen LogP contribution in [0.5, 0.6) is 11.5 Å². The van der Waals surface area contributed by atoms with Gasteiger partial charge in [0.2, 0.25) is 6.79 Å². The van der Waals surface area contributed by atoms with Crippen molar-refractivity contribution in [2.45, 2.75) is 38.3 Å². The molecule has 1 amide bonds. The summed E-state index contributed by atoms with van der Waals surface area (Å²) < 4.78 is 11.0. The quantitative estimate of drug-likeness (QED) is 0.700. The van der Waals surface area contributed by atoms with Crippen LogP contribution in [0.4, 0.5) is 0 Å². The average Bonchev–Trinajstić information content (AvgIpc) is 3.45. The average molecular weight is 386 g/mol. The summed E-state index contributed by atoms with van der Waals surface area (Å²) in [6, 6.07) is 14.3. The van der Waals surface area contributed by atoms with Gasteiger partial charge in [-0.1, -0.05) is 24.3 Å². The molecule has 1 N–H and O–H groups in total. The fourth-order valence-electron chi connectivity index (χ4n) is 5.03. The second kappa shape index (κ2) is 6.41. The van der Waals surface area contributed by atoms with Gasteiger partial charge in [-0.05, 0) is 55.0 Å². The Balaban J connectivity index is 1.43. The highest BCUT2D eigenvalue weighted by Crippen LogP contribution is 2.47. The highest BCUT2D eigenvalue weighted by molar-refractivity contribution is 5.99. The van der Waals surface area contributed by atoms with Crippen molar-refractivity contribution in [3.63, 3.8) is 0 Å². The van der Waals surface area contributed by atoms with Gasteiger partial charge in [-0.3, -0.25) is 4.79 Å². The predicted molar refractivity (Wildman–Crippen MR) is 110 cm³/mol. The van der Waals surface area contributed by atoms with Crippen LogP contribution >= 0.6 is 0 Å². The minimum absolute atomic E-state index is 0.000581. The highest BCUT2D eigenvalue weighted by atomic mass is 16.7. The van der Waals surface area contributed by atoms with Gasteiger partial charge >= 0.3 is 0 Å². The van der Waals surface area contributed by atoms with Gasteiger partial charge in [-0.15, -0.1) is 0 Å². The monoisotopic (exact) mass is 386 g/mol. The molecule has 3 heterocycles. The molecule has 0 fully saturated rings. The number of carbonyl (C=O) groups excluding carboxylic acids is 1. The Kier molecular flexibility index (Phi) is 3.69. The molecule has 0 saturated heterocycles. The number of carbonyl (C=O) groups is 1. The van der Waals surface area contributed by atoms with Crippen molar-refractivity contribution in [3.8, 4) is 11.5 Å². The number of para-hydroxylation sites is 1. The maximum Gasteiger partial charge on any atom is 0.250 e. The summed E-state index contributed by atoms with van der Waals surface area (Å²) in [5, 5.41) is 1.19. The normalized spacial score (nSPS) is 20.6. The van der Waals surface area contributed by atoms with E-state index in [0.29, 0.717) is 6.54 Å². The maximum absolute atomic E-state index is 13.4. The predicted octanol–water partition coefficient (Wildman–Crippen LogP) is 4.85. The van der Waals surface area contributed by atoms with Crippen LogP contribution in [0, 0.1) is 0 Å². The topological polar surface area (TPSA) is 54.6 Å². The third kappa shape index (κ3) is 2.57. The Morgan fingerprint density at radius 1 is 1.03 bits per heavy atom. The summed E-state index contributed by atoms with van der Waals surface area (Å²) in [7, 11) is 0. The fraction of sp³-hybridized carbons (Fsp3) is 0.292. The van der Waals surface area contributed by atoms with Crippen molar-refractivity contribution in [1.29, 1.82) is 0 Å². The lowest BCUT2D eigenvalue weighted by Gasteiger charge is -2.27. The molecular formula is C24H22N2O3. The molecule has 1 aromatic heterocycles. The number of hydrogen-bond donors (Lipinski definition) is 1. The Morgan fingerprint density at radius 2 is 1.90 bits per heavy atom. The number of hydrogen-bond acceptors (Lipinski definition) is 3. The zero-order valence-corrected chi connectivity index (χ0v) is 16.1. The summed E-state index contributed by atoms with van der Waals surface area (Å²) in [6.07, 6.45) is 6.24. The molecule has 0 bridgehead atoms. The summed E-state index contributed by atoms with van der Waals surface area (Å²) >= 11 is 0. The van der Waals surface area contributed by atoms with Gasteiger partial charge in [0.1, 0.15) is 0 Å². The minimum Gasteiger partial charge on any atom is -0.454 e. The first kappa shape index (κ1) is 16.7. The van der Waals surface area contributed by atoms with E-state index < -0.39 is 0 Å². The number of nitrogens with zero attached hydrogens (tertiary/aromatic N) is 1. The van der Waals surface area contributed by atoms with Gasteiger partial charge in [-0.25, -0.2) is 0 Å².